The Morgan fingerprint density at radius 3 is 2.62 bits per heavy atom. The van der Waals surface area contributed by atoms with Gasteiger partial charge in [-0.2, -0.15) is 0 Å². The normalized spacial score (nSPS) is 20.3. The third-order valence-corrected chi connectivity index (χ3v) is 5.53. The zero-order valence-corrected chi connectivity index (χ0v) is 14.9. The molecule has 26 heavy (non-hydrogen) atoms. The average Bonchev–Trinajstić information content (AvgIpc) is 3.27. The predicted molar refractivity (Wildman–Crippen MR) is 104 cm³/mol. The van der Waals surface area contributed by atoms with Gasteiger partial charge in [-0.05, 0) is 30.0 Å². The number of aromatic nitrogens is 2. The largest absolute Gasteiger partial charge is 0.366 e. The van der Waals surface area contributed by atoms with E-state index in [0.717, 1.165) is 30.5 Å². The van der Waals surface area contributed by atoms with Crippen molar-refractivity contribution in [3.05, 3.63) is 83.2 Å². The molecule has 2 heterocycles. The summed E-state index contributed by atoms with van der Waals surface area (Å²) in [6, 6.07) is 21.8. The summed E-state index contributed by atoms with van der Waals surface area (Å²) in [5.41, 5.74) is 4.25. The molecule has 0 unspecified atom stereocenters. The maximum atomic E-state index is 4.74. The van der Waals surface area contributed by atoms with Gasteiger partial charge in [0, 0.05) is 25.1 Å². The van der Waals surface area contributed by atoms with Gasteiger partial charge >= 0.3 is 0 Å². The topological polar surface area (TPSA) is 41.1 Å². The molecule has 0 saturated carbocycles. The van der Waals surface area contributed by atoms with Gasteiger partial charge in [-0.3, -0.25) is 0 Å². The molecule has 2 bridgehead atoms. The molecule has 5 rings (SSSR count). The lowest BCUT2D eigenvalue weighted by molar-refractivity contribution is 0.726. The van der Waals surface area contributed by atoms with Gasteiger partial charge in [0.25, 0.3) is 0 Å². The van der Waals surface area contributed by atoms with E-state index < -0.39 is 0 Å². The summed E-state index contributed by atoms with van der Waals surface area (Å²) in [5.74, 6) is 3.38. The van der Waals surface area contributed by atoms with Crippen LogP contribution in [0.5, 0.6) is 0 Å². The number of fused-ring (bicyclic) bond motifs is 5. The lowest BCUT2D eigenvalue weighted by Gasteiger charge is -2.30. The van der Waals surface area contributed by atoms with Gasteiger partial charge in [0.15, 0.2) is 0 Å². The van der Waals surface area contributed by atoms with Gasteiger partial charge in [-0.1, -0.05) is 54.6 Å². The van der Waals surface area contributed by atoms with Crippen LogP contribution < -0.4 is 10.2 Å². The van der Waals surface area contributed by atoms with Gasteiger partial charge in [0.05, 0.1) is 6.04 Å². The summed E-state index contributed by atoms with van der Waals surface area (Å²) in [4.78, 5) is 11.8. The molecule has 1 saturated heterocycles. The van der Waals surface area contributed by atoms with Crippen LogP contribution in [-0.4, -0.2) is 16.5 Å². The van der Waals surface area contributed by atoms with E-state index in [1.165, 1.54) is 23.1 Å². The summed E-state index contributed by atoms with van der Waals surface area (Å²) in [6.45, 7) is 3.79. The van der Waals surface area contributed by atoms with E-state index in [4.69, 9.17) is 4.98 Å². The summed E-state index contributed by atoms with van der Waals surface area (Å²) in [6.07, 6.45) is 1.20. The highest BCUT2D eigenvalue weighted by molar-refractivity contribution is 5.57. The molecule has 4 heteroatoms. The van der Waals surface area contributed by atoms with E-state index in [1.807, 2.05) is 13.0 Å². The Morgan fingerprint density at radius 1 is 1.00 bits per heavy atom. The summed E-state index contributed by atoms with van der Waals surface area (Å²) >= 11 is 0. The quantitative estimate of drug-likeness (QED) is 0.761. The minimum atomic E-state index is 0.451. The standard InChI is InChI=1S/C22H22N4/c1-15-24-21(23-13-16-7-3-2-4-8-16)12-22(25-15)26-14-17-11-20(26)19-10-6-5-9-18(17)19/h2-10,12,17,20H,11,13-14H2,1H3,(H,23,24,25)/t17-,20+/m1/s1. The van der Waals surface area contributed by atoms with Crippen LogP contribution in [0.25, 0.3) is 0 Å². The van der Waals surface area contributed by atoms with Crippen molar-refractivity contribution in [2.75, 3.05) is 16.8 Å². The number of hydrogen-bond acceptors (Lipinski definition) is 4. The van der Waals surface area contributed by atoms with Crippen molar-refractivity contribution < 1.29 is 0 Å². The van der Waals surface area contributed by atoms with E-state index >= 15 is 0 Å². The van der Waals surface area contributed by atoms with Gasteiger partial charge in [0.1, 0.15) is 17.5 Å². The van der Waals surface area contributed by atoms with Crippen LogP contribution in [-0.2, 0) is 6.54 Å². The summed E-state index contributed by atoms with van der Waals surface area (Å²) in [5, 5.41) is 3.45. The smallest absolute Gasteiger partial charge is 0.134 e. The molecule has 1 aliphatic heterocycles. The molecule has 4 nitrogen and oxygen atoms in total. The van der Waals surface area contributed by atoms with E-state index in [2.05, 4.69) is 69.8 Å². The Morgan fingerprint density at radius 2 is 1.77 bits per heavy atom. The second-order valence-corrected chi connectivity index (χ2v) is 7.23. The van der Waals surface area contributed by atoms with E-state index in [-0.39, 0.29) is 0 Å². The molecule has 1 N–H and O–H groups in total. The van der Waals surface area contributed by atoms with Crippen LogP contribution in [0.4, 0.5) is 11.6 Å². The molecule has 0 spiro atoms. The van der Waals surface area contributed by atoms with Crippen molar-refractivity contribution in [2.45, 2.75) is 31.8 Å². The van der Waals surface area contributed by atoms with Crippen molar-refractivity contribution in [1.29, 1.82) is 0 Å². The maximum absolute atomic E-state index is 4.74. The van der Waals surface area contributed by atoms with E-state index in [1.54, 1.807) is 0 Å². The van der Waals surface area contributed by atoms with Crippen LogP contribution in [0.3, 0.4) is 0 Å². The second-order valence-electron chi connectivity index (χ2n) is 7.23. The van der Waals surface area contributed by atoms with Gasteiger partial charge in [-0.15, -0.1) is 0 Å². The number of hydrogen-bond donors (Lipinski definition) is 1. The number of rotatable bonds is 4. The monoisotopic (exact) mass is 342 g/mol. The predicted octanol–water partition coefficient (Wildman–Crippen LogP) is 4.45. The van der Waals surface area contributed by atoms with E-state index in [9.17, 15) is 0 Å². The highest BCUT2D eigenvalue weighted by atomic mass is 15.3. The number of aryl methyl sites for hydroxylation is 1. The number of benzene rings is 2. The Balaban J connectivity index is 1.40. The minimum absolute atomic E-state index is 0.451. The first kappa shape index (κ1) is 15.4. The van der Waals surface area contributed by atoms with E-state index in [0.29, 0.717) is 12.0 Å². The molecular formula is C22H22N4. The molecule has 130 valence electrons. The molecule has 3 aromatic rings. The first-order valence-corrected chi connectivity index (χ1v) is 9.27. The molecule has 1 fully saturated rings. The zero-order valence-electron chi connectivity index (χ0n) is 14.9. The van der Waals surface area contributed by atoms with Crippen molar-refractivity contribution in [1.82, 2.24) is 9.97 Å². The SMILES string of the molecule is Cc1nc(NCc2ccccc2)cc(N2C[C@H]3C[C@H]2c2ccccc23)n1. The van der Waals surface area contributed by atoms with Crippen molar-refractivity contribution in [3.8, 4) is 0 Å². The van der Waals surface area contributed by atoms with Gasteiger partial charge in [0.2, 0.25) is 0 Å². The van der Waals surface area contributed by atoms with Crippen LogP contribution in [0.15, 0.2) is 60.7 Å². The highest BCUT2D eigenvalue weighted by Crippen LogP contribution is 2.51. The Kier molecular flexibility index (Phi) is 3.63. The first-order chi connectivity index (χ1) is 12.8. The lowest BCUT2D eigenvalue weighted by Crippen LogP contribution is -2.28. The number of nitrogens with one attached hydrogen (secondary N) is 1. The fourth-order valence-corrected chi connectivity index (χ4v) is 4.37. The molecular weight excluding hydrogens is 320 g/mol. The molecule has 1 aromatic heterocycles. The van der Waals surface area contributed by atoms with Crippen LogP contribution in [0.2, 0.25) is 0 Å². The molecule has 0 radical (unpaired) electrons. The summed E-state index contributed by atoms with van der Waals surface area (Å²) in [7, 11) is 0. The molecule has 0 amide bonds. The third-order valence-electron chi connectivity index (χ3n) is 5.53. The van der Waals surface area contributed by atoms with Crippen LogP contribution in [0.1, 0.15) is 40.9 Å². The average molecular weight is 342 g/mol. The highest BCUT2D eigenvalue weighted by Gasteiger charge is 2.42. The third kappa shape index (κ3) is 2.62. The first-order valence-electron chi connectivity index (χ1n) is 9.27. The van der Waals surface area contributed by atoms with Crippen molar-refractivity contribution >= 4 is 11.6 Å². The second kappa shape index (κ2) is 6.13. The van der Waals surface area contributed by atoms with Crippen molar-refractivity contribution in [2.24, 2.45) is 0 Å². The minimum Gasteiger partial charge on any atom is -0.366 e. The Bertz CT molecular complexity index is 938. The van der Waals surface area contributed by atoms with Crippen LogP contribution in [0, 0.1) is 6.92 Å². The zero-order chi connectivity index (χ0) is 17.5. The Labute approximate surface area is 153 Å². The number of nitrogens with zero attached hydrogens (tertiary/aromatic N) is 3. The molecule has 2 atom stereocenters. The van der Waals surface area contributed by atoms with Crippen LogP contribution >= 0.6 is 0 Å². The van der Waals surface area contributed by atoms with Gasteiger partial charge < -0.3 is 10.2 Å². The maximum Gasteiger partial charge on any atom is 0.134 e. The Hall–Kier alpha value is -2.88. The fraction of sp³-hybridized carbons (Fsp3) is 0.273. The fourth-order valence-electron chi connectivity index (χ4n) is 4.37. The summed E-state index contributed by atoms with van der Waals surface area (Å²) < 4.78 is 0. The molecule has 2 aromatic carbocycles. The molecule has 1 aliphatic carbocycles. The molecule has 2 aliphatic rings. The lowest BCUT2D eigenvalue weighted by atomic mass is 9.99. The van der Waals surface area contributed by atoms with Gasteiger partial charge in [-0.25, -0.2) is 9.97 Å². The number of anilines is 2. The van der Waals surface area contributed by atoms with Crippen molar-refractivity contribution in [3.63, 3.8) is 0 Å².